The van der Waals surface area contributed by atoms with E-state index in [1.54, 1.807) is 6.92 Å². The second-order valence-electron chi connectivity index (χ2n) is 5.48. The lowest BCUT2D eigenvalue weighted by Crippen LogP contribution is -2.17. The average Bonchev–Trinajstić information content (AvgIpc) is 3.20. The zero-order valence-corrected chi connectivity index (χ0v) is 14.3. The van der Waals surface area contributed by atoms with Crippen molar-refractivity contribution < 1.29 is 14.6 Å². The summed E-state index contributed by atoms with van der Waals surface area (Å²) in [4.78, 5) is 12.1. The Balaban J connectivity index is 2.00. The number of hydrogen-bond acceptors (Lipinski definition) is 6. The number of aromatic nitrogens is 4. The van der Waals surface area contributed by atoms with E-state index in [1.165, 1.54) is 16.0 Å². The van der Waals surface area contributed by atoms with E-state index in [0.29, 0.717) is 12.4 Å². The third-order valence-corrected chi connectivity index (χ3v) is 4.77. The number of unbranched alkanes of at least 4 members (excludes halogenated alkanes) is 1. The van der Waals surface area contributed by atoms with Crippen LogP contribution >= 0.6 is 11.3 Å². The van der Waals surface area contributed by atoms with Crippen LogP contribution in [0.5, 0.6) is 5.75 Å². The number of nitrogens with zero attached hydrogens (tertiary/aromatic N) is 4. The third kappa shape index (κ3) is 3.09. The molecule has 24 heavy (non-hydrogen) atoms. The highest BCUT2D eigenvalue weighted by Crippen LogP contribution is 2.36. The summed E-state index contributed by atoms with van der Waals surface area (Å²) in [6.07, 6.45) is 2.08. The number of carbonyl (C=O) groups is 1. The Morgan fingerprint density at radius 3 is 3.04 bits per heavy atom. The summed E-state index contributed by atoms with van der Waals surface area (Å²) in [6, 6.07) is 5.06. The van der Waals surface area contributed by atoms with Crippen molar-refractivity contribution >= 4 is 28.1 Å². The van der Waals surface area contributed by atoms with Crippen LogP contribution in [0.1, 0.15) is 32.7 Å². The molecule has 1 N–H and O–H groups in total. The van der Waals surface area contributed by atoms with Crippen molar-refractivity contribution in [1.82, 2.24) is 20.2 Å². The highest BCUT2D eigenvalue weighted by molar-refractivity contribution is 7.15. The van der Waals surface area contributed by atoms with Gasteiger partial charge in [0.15, 0.2) is 11.9 Å². The number of rotatable bonds is 7. The Morgan fingerprint density at radius 1 is 1.46 bits per heavy atom. The molecule has 0 amide bonds. The number of aliphatic carboxylic acids is 1. The van der Waals surface area contributed by atoms with E-state index < -0.39 is 12.0 Å². The lowest BCUT2D eigenvalue weighted by molar-refractivity contribution is -0.140. The van der Waals surface area contributed by atoms with Gasteiger partial charge in [0, 0.05) is 5.39 Å². The van der Waals surface area contributed by atoms with Crippen molar-refractivity contribution in [2.45, 2.75) is 32.7 Å². The molecule has 0 aliphatic carbocycles. The second-order valence-corrected chi connectivity index (χ2v) is 6.36. The standard InChI is InChI=1S/C16H18N4O3S/c1-3-4-7-23-12-6-5-11-9-24-14(13(11)8-12)15-17-18-19-20(15)10(2)16(21)22/h5-6,8-10H,3-4,7H2,1-2H3,(H,21,22). The second kappa shape index (κ2) is 6.96. The Labute approximate surface area is 142 Å². The van der Waals surface area contributed by atoms with Crippen LogP contribution in [0.2, 0.25) is 0 Å². The zero-order chi connectivity index (χ0) is 17.1. The zero-order valence-electron chi connectivity index (χ0n) is 13.5. The van der Waals surface area contributed by atoms with Crippen LogP contribution in [-0.4, -0.2) is 37.9 Å². The number of benzene rings is 1. The molecular formula is C16H18N4O3S. The molecule has 0 saturated carbocycles. The molecule has 3 rings (SSSR count). The van der Waals surface area contributed by atoms with Gasteiger partial charge in [-0.25, -0.2) is 9.48 Å². The van der Waals surface area contributed by atoms with Gasteiger partial charge in [0.2, 0.25) is 0 Å². The summed E-state index contributed by atoms with van der Waals surface area (Å²) >= 11 is 1.49. The summed E-state index contributed by atoms with van der Waals surface area (Å²) < 4.78 is 7.10. The van der Waals surface area contributed by atoms with E-state index in [0.717, 1.165) is 34.2 Å². The first-order valence-corrected chi connectivity index (χ1v) is 8.65. The van der Waals surface area contributed by atoms with Crippen molar-refractivity contribution in [2.75, 3.05) is 6.61 Å². The van der Waals surface area contributed by atoms with Gasteiger partial charge < -0.3 is 9.84 Å². The van der Waals surface area contributed by atoms with Crippen LogP contribution in [0.25, 0.3) is 21.5 Å². The van der Waals surface area contributed by atoms with Crippen molar-refractivity contribution in [2.24, 2.45) is 0 Å². The maximum absolute atomic E-state index is 11.3. The van der Waals surface area contributed by atoms with E-state index in [2.05, 4.69) is 22.4 Å². The molecule has 2 heterocycles. The van der Waals surface area contributed by atoms with E-state index in [4.69, 9.17) is 4.74 Å². The molecule has 126 valence electrons. The molecule has 0 fully saturated rings. The molecule has 1 aromatic carbocycles. The Bertz CT molecular complexity index is 858. The van der Waals surface area contributed by atoms with Crippen molar-refractivity contribution in [1.29, 1.82) is 0 Å². The molecule has 8 heteroatoms. The van der Waals surface area contributed by atoms with Crippen molar-refractivity contribution in [3.05, 3.63) is 23.6 Å². The van der Waals surface area contributed by atoms with Crippen LogP contribution in [0, 0.1) is 0 Å². The van der Waals surface area contributed by atoms with Gasteiger partial charge in [-0.1, -0.05) is 13.3 Å². The SMILES string of the molecule is CCCCOc1ccc2csc(-c3nnnn3C(C)C(=O)O)c2c1. The molecule has 7 nitrogen and oxygen atoms in total. The molecule has 1 atom stereocenters. The fraction of sp³-hybridized carbons (Fsp3) is 0.375. The van der Waals surface area contributed by atoms with Crippen LogP contribution in [-0.2, 0) is 4.79 Å². The Morgan fingerprint density at radius 2 is 2.29 bits per heavy atom. The first-order chi connectivity index (χ1) is 11.6. The van der Waals surface area contributed by atoms with Crippen LogP contribution in [0.3, 0.4) is 0 Å². The number of thiophene rings is 1. The van der Waals surface area contributed by atoms with Gasteiger partial charge in [0.25, 0.3) is 0 Å². The van der Waals surface area contributed by atoms with Gasteiger partial charge in [-0.05, 0) is 52.7 Å². The van der Waals surface area contributed by atoms with E-state index >= 15 is 0 Å². The normalized spacial score (nSPS) is 12.4. The van der Waals surface area contributed by atoms with Gasteiger partial charge in [0.1, 0.15) is 5.75 Å². The van der Waals surface area contributed by atoms with Gasteiger partial charge in [-0.2, -0.15) is 0 Å². The van der Waals surface area contributed by atoms with Crippen LogP contribution < -0.4 is 4.74 Å². The number of carboxylic acid groups (broad SMARTS) is 1. The lowest BCUT2D eigenvalue weighted by atomic mass is 10.1. The van der Waals surface area contributed by atoms with Gasteiger partial charge >= 0.3 is 5.97 Å². The molecule has 1 unspecified atom stereocenters. The van der Waals surface area contributed by atoms with Gasteiger partial charge in [0.05, 0.1) is 11.5 Å². The molecule has 0 radical (unpaired) electrons. The van der Waals surface area contributed by atoms with Crippen molar-refractivity contribution in [3.8, 4) is 16.5 Å². The first kappa shape index (κ1) is 16.4. The molecule has 3 aromatic rings. The third-order valence-electron chi connectivity index (χ3n) is 3.76. The van der Waals surface area contributed by atoms with E-state index in [9.17, 15) is 9.90 Å². The molecule has 2 aromatic heterocycles. The number of ether oxygens (including phenoxy) is 1. The summed E-state index contributed by atoms with van der Waals surface area (Å²) in [7, 11) is 0. The maximum atomic E-state index is 11.3. The minimum atomic E-state index is -0.979. The summed E-state index contributed by atoms with van der Waals surface area (Å²) in [5, 5.41) is 24.7. The smallest absolute Gasteiger partial charge is 0.328 e. The van der Waals surface area contributed by atoms with E-state index in [1.807, 2.05) is 23.6 Å². The highest BCUT2D eigenvalue weighted by Gasteiger charge is 2.22. The number of fused-ring (bicyclic) bond motifs is 1. The maximum Gasteiger partial charge on any atom is 0.328 e. The van der Waals surface area contributed by atoms with Crippen LogP contribution in [0.4, 0.5) is 0 Å². The number of carboxylic acids is 1. The van der Waals surface area contributed by atoms with Crippen molar-refractivity contribution in [3.63, 3.8) is 0 Å². The molecule has 0 bridgehead atoms. The number of tetrazole rings is 1. The van der Waals surface area contributed by atoms with Gasteiger partial charge in [-0.15, -0.1) is 16.4 Å². The fourth-order valence-corrected chi connectivity index (χ4v) is 3.32. The number of hydrogen-bond donors (Lipinski definition) is 1. The largest absolute Gasteiger partial charge is 0.494 e. The Kier molecular flexibility index (Phi) is 4.75. The minimum Gasteiger partial charge on any atom is -0.494 e. The first-order valence-electron chi connectivity index (χ1n) is 7.77. The Hall–Kier alpha value is -2.48. The monoisotopic (exact) mass is 346 g/mol. The molecule has 0 spiro atoms. The predicted octanol–water partition coefficient (Wildman–Crippen LogP) is 3.38. The quantitative estimate of drug-likeness (QED) is 0.660. The topological polar surface area (TPSA) is 90.1 Å². The average molecular weight is 346 g/mol. The summed E-state index contributed by atoms with van der Waals surface area (Å²) in [5.74, 6) is 0.268. The van der Waals surface area contributed by atoms with Crippen LogP contribution in [0.15, 0.2) is 23.6 Å². The predicted molar refractivity (Wildman–Crippen MR) is 91.4 cm³/mol. The molecule has 0 aliphatic heterocycles. The summed E-state index contributed by atoms with van der Waals surface area (Å²) in [6.45, 7) is 4.35. The minimum absolute atomic E-state index is 0.454. The lowest BCUT2D eigenvalue weighted by Gasteiger charge is -2.08. The van der Waals surface area contributed by atoms with Gasteiger partial charge in [-0.3, -0.25) is 0 Å². The molecular weight excluding hydrogens is 328 g/mol. The summed E-state index contributed by atoms with van der Waals surface area (Å²) in [5.41, 5.74) is 0. The van der Waals surface area contributed by atoms with E-state index in [-0.39, 0.29) is 0 Å². The molecule has 0 saturated heterocycles. The fourth-order valence-electron chi connectivity index (χ4n) is 2.33. The molecule has 0 aliphatic rings. The highest BCUT2D eigenvalue weighted by atomic mass is 32.1.